The van der Waals surface area contributed by atoms with Crippen LogP contribution in [-0.2, 0) is 20.9 Å². The number of halogens is 2. The van der Waals surface area contributed by atoms with E-state index in [1.807, 2.05) is 0 Å². The maximum atomic E-state index is 14.0. The maximum absolute atomic E-state index is 14.0. The summed E-state index contributed by atoms with van der Waals surface area (Å²) in [4.78, 5) is 66.0. The fraction of sp³-hybridized carbons (Fsp3) is 0.172. The van der Waals surface area contributed by atoms with Crippen LogP contribution in [0.2, 0.25) is 10.0 Å². The number of thiazole rings is 1. The minimum atomic E-state index is -0.921. The van der Waals surface area contributed by atoms with Crippen LogP contribution >= 0.6 is 46.3 Å². The van der Waals surface area contributed by atoms with E-state index in [9.17, 15) is 29.3 Å². The number of hydrogen-bond donors (Lipinski definition) is 1. The second kappa shape index (κ2) is 11.7. The van der Waals surface area contributed by atoms with Crippen LogP contribution in [-0.4, -0.2) is 39.6 Å². The molecule has 3 amide bonds. The lowest BCUT2D eigenvalue weighted by Gasteiger charge is -2.30. The number of benzene rings is 3. The number of non-ortho nitro benzene ring substituents is 1. The molecule has 0 spiro atoms. The molecule has 15 heteroatoms. The van der Waals surface area contributed by atoms with Crippen LogP contribution in [0.4, 0.5) is 17.1 Å². The fourth-order valence-corrected chi connectivity index (χ4v) is 8.39. The number of aromatic nitrogens is 1. The lowest BCUT2D eigenvalue weighted by Crippen LogP contribution is -2.33. The van der Waals surface area contributed by atoms with Gasteiger partial charge in [0.25, 0.3) is 5.69 Å². The van der Waals surface area contributed by atoms with Crippen molar-refractivity contribution in [2.24, 2.45) is 5.92 Å². The molecule has 1 saturated heterocycles. The van der Waals surface area contributed by atoms with E-state index >= 15 is 0 Å². The number of amides is 3. The summed E-state index contributed by atoms with van der Waals surface area (Å²) < 4.78 is 6.59. The molecular weight excluding hydrogens is 651 g/mol. The number of nitrogens with one attached hydrogen (secondary N) is 1. The molecule has 1 N–H and O–H groups in total. The number of nitrogens with zero attached hydrogens (tertiary/aromatic N) is 3. The third-order valence-corrected chi connectivity index (χ3v) is 10.7. The van der Waals surface area contributed by atoms with E-state index in [2.05, 4.69) is 5.32 Å². The van der Waals surface area contributed by atoms with Gasteiger partial charge in [0.15, 0.2) is 0 Å². The number of methoxy groups -OCH3 is 1. The number of fused-ring (bicyclic) bond motifs is 2. The van der Waals surface area contributed by atoms with Crippen molar-refractivity contribution in [1.29, 1.82) is 0 Å². The van der Waals surface area contributed by atoms with Crippen molar-refractivity contribution in [2.75, 3.05) is 17.3 Å². The Balaban J connectivity index is 1.39. The molecule has 224 valence electrons. The molecule has 2 unspecified atom stereocenters. The normalized spacial score (nSPS) is 19.0. The Bertz CT molecular complexity index is 1890. The Morgan fingerprint density at radius 2 is 1.70 bits per heavy atom. The van der Waals surface area contributed by atoms with Gasteiger partial charge in [0.05, 0.1) is 38.7 Å². The minimum absolute atomic E-state index is 0.180. The molecule has 2 aliphatic heterocycles. The summed E-state index contributed by atoms with van der Waals surface area (Å²) in [6.45, 7) is -0.348. The van der Waals surface area contributed by atoms with Gasteiger partial charge in [0.1, 0.15) is 17.5 Å². The number of anilines is 2. The first-order valence-corrected chi connectivity index (χ1v) is 15.4. The zero-order valence-corrected chi connectivity index (χ0v) is 25.7. The number of thioether (sulfide) groups is 1. The van der Waals surface area contributed by atoms with Crippen LogP contribution in [0.3, 0.4) is 0 Å². The smallest absolute Gasteiger partial charge is 0.308 e. The van der Waals surface area contributed by atoms with Gasteiger partial charge < -0.3 is 10.1 Å². The molecule has 3 aromatic carbocycles. The topological polar surface area (TPSA) is 141 Å². The largest absolute Gasteiger partial charge is 0.497 e. The number of nitro benzene ring substituents is 1. The zero-order chi connectivity index (χ0) is 31.3. The highest BCUT2D eigenvalue weighted by Crippen LogP contribution is 2.54. The number of hydrogen-bond acceptors (Lipinski definition) is 9. The number of imide groups is 1. The first-order valence-electron chi connectivity index (χ1n) is 13.0. The van der Waals surface area contributed by atoms with E-state index in [0.717, 1.165) is 28.0 Å². The Morgan fingerprint density at radius 1 is 1.00 bits per heavy atom. The molecule has 6 rings (SSSR count). The van der Waals surface area contributed by atoms with Crippen molar-refractivity contribution in [3.8, 4) is 5.75 Å². The van der Waals surface area contributed by atoms with Gasteiger partial charge in [0, 0.05) is 28.6 Å². The lowest BCUT2D eigenvalue weighted by molar-refractivity contribution is -0.384. The van der Waals surface area contributed by atoms with Gasteiger partial charge in [-0.1, -0.05) is 58.4 Å². The molecule has 3 heterocycles. The van der Waals surface area contributed by atoms with Crippen molar-refractivity contribution in [3.63, 3.8) is 0 Å². The predicted molar refractivity (Wildman–Crippen MR) is 167 cm³/mol. The molecule has 11 nitrogen and oxygen atoms in total. The van der Waals surface area contributed by atoms with Gasteiger partial charge in [-0.05, 0) is 48.0 Å². The first kappa shape index (κ1) is 29.9. The van der Waals surface area contributed by atoms with Gasteiger partial charge >= 0.3 is 4.87 Å². The Labute approximate surface area is 267 Å². The van der Waals surface area contributed by atoms with Crippen molar-refractivity contribution < 1.29 is 24.0 Å². The Kier molecular flexibility index (Phi) is 7.97. The summed E-state index contributed by atoms with van der Waals surface area (Å²) in [6, 6.07) is 16.8. The fourth-order valence-electron chi connectivity index (χ4n) is 5.32. The van der Waals surface area contributed by atoms with E-state index in [4.69, 9.17) is 27.9 Å². The number of carbonyl (C=O) groups excluding carboxylic acids is 3. The van der Waals surface area contributed by atoms with Crippen LogP contribution < -0.4 is 19.8 Å². The second-order valence-corrected chi connectivity index (χ2v) is 12.8. The quantitative estimate of drug-likeness (QED) is 0.153. The SMILES string of the molecule is COc1ccc([C@H]2c3sc(=O)n(CC(=O)Nc4ccc(Cl)c(Cl)c4)c3SC3C(=O)N(c4ccc([N+](=O)[O-])cc4)C(=O)C32)cc1. The number of carbonyl (C=O) groups is 3. The van der Waals surface area contributed by atoms with Crippen LogP contribution in [0.25, 0.3) is 0 Å². The summed E-state index contributed by atoms with van der Waals surface area (Å²) in [6.07, 6.45) is 0. The van der Waals surface area contributed by atoms with Crippen LogP contribution in [0.1, 0.15) is 16.4 Å². The van der Waals surface area contributed by atoms with Gasteiger partial charge in [-0.25, -0.2) is 4.90 Å². The molecule has 0 saturated carbocycles. The summed E-state index contributed by atoms with van der Waals surface area (Å²) in [7, 11) is 1.52. The summed E-state index contributed by atoms with van der Waals surface area (Å²) in [5.41, 5.74) is 1.10. The van der Waals surface area contributed by atoms with Crippen molar-refractivity contribution in [1.82, 2.24) is 4.57 Å². The average molecular weight is 672 g/mol. The maximum Gasteiger partial charge on any atom is 0.308 e. The molecule has 4 aromatic rings. The lowest BCUT2D eigenvalue weighted by atomic mass is 9.83. The average Bonchev–Trinajstić information content (AvgIpc) is 3.45. The van der Waals surface area contributed by atoms with Gasteiger partial charge in [-0.2, -0.15) is 0 Å². The van der Waals surface area contributed by atoms with E-state index < -0.39 is 44.6 Å². The van der Waals surface area contributed by atoms with Crippen molar-refractivity contribution in [3.05, 3.63) is 107 Å². The third kappa shape index (κ3) is 5.25. The van der Waals surface area contributed by atoms with Crippen molar-refractivity contribution >= 4 is 81.1 Å². The molecule has 3 atom stereocenters. The standard InChI is InChI=1S/C29H20Cl2N4O7S2/c1-42-18-9-2-14(3-10-18)22-23-24(27(38)34(26(23)37)16-5-7-17(8-6-16)35(40)41)43-28-25(22)44-29(39)33(28)13-21(36)32-15-4-11-19(30)20(31)12-15/h2-12,22-24H,13H2,1H3,(H,32,36)/t22-,23?,24?/m1/s1. The van der Waals surface area contributed by atoms with Gasteiger partial charge in [-0.3, -0.25) is 33.9 Å². The minimum Gasteiger partial charge on any atom is -0.497 e. The summed E-state index contributed by atoms with van der Waals surface area (Å²) in [5.74, 6) is -2.48. The van der Waals surface area contributed by atoms with E-state index in [-0.39, 0.29) is 22.9 Å². The van der Waals surface area contributed by atoms with E-state index in [1.54, 1.807) is 30.3 Å². The highest BCUT2D eigenvalue weighted by molar-refractivity contribution is 8.00. The first-order chi connectivity index (χ1) is 21.1. The highest BCUT2D eigenvalue weighted by Gasteiger charge is 2.56. The number of rotatable bonds is 7. The van der Waals surface area contributed by atoms with Crippen LogP contribution in [0, 0.1) is 16.0 Å². The van der Waals surface area contributed by atoms with Crippen LogP contribution in [0.15, 0.2) is 76.6 Å². The van der Waals surface area contributed by atoms with E-state index in [1.165, 1.54) is 48.1 Å². The molecule has 0 bridgehead atoms. The monoisotopic (exact) mass is 670 g/mol. The third-order valence-electron chi connectivity index (χ3n) is 7.35. The van der Waals surface area contributed by atoms with Crippen molar-refractivity contribution in [2.45, 2.75) is 22.7 Å². The van der Waals surface area contributed by atoms with E-state index in [0.29, 0.717) is 31.9 Å². The van der Waals surface area contributed by atoms with Gasteiger partial charge in [0.2, 0.25) is 17.7 Å². The summed E-state index contributed by atoms with van der Waals surface area (Å²) in [5, 5.41) is 13.9. The summed E-state index contributed by atoms with van der Waals surface area (Å²) >= 11 is 14.0. The molecular formula is C29H20Cl2N4O7S2. The highest BCUT2D eigenvalue weighted by atomic mass is 35.5. The molecule has 44 heavy (non-hydrogen) atoms. The molecule has 2 aliphatic rings. The molecule has 1 fully saturated rings. The Hall–Kier alpha value is -4.17. The zero-order valence-electron chi connectivity index (χ0n) is 22.6. The molecule has 0 aliphatic carbocycles. The molecule has 1 aromatic heterocycles. The Morgan fingerprint density at radius 3 is 2.34 bits per heavy atom. The molecule has 0 radical (unpaired) electrons. The number of ether oxygens (including phenoxy) is 1. The predicted octanol–water partition coefficient (Wildman–Crippen LogP) is 5.57. The second-order valence-electron chi connectivity index (χ2n) is 9.90. The van der Waals surface area contributed by atoms with Crippen LogP contribution in [0.5, 0.6) is 5.75 Å². The van der Waals surface area contributed by atoms with Gasteiger partial charge in [-0.15, -0.1) is 0 Å². The number of nitro groups is 1.